The van der Waals surface area contributed by atoms with Crippen LogP contribution in [0.5, 0.6) is 11.5 Å². The Morgan fingerprint density at radius 3 is 2.43 bits per heavy atom. The SMILES string of the molecule is C=CC[NH+](CC=C)CCOc1ccc(/C=C/C)cc1OC. The number of hydrogen-bond donors (Lipinski definition) is 1. The van der Waals surface area contributed by atoms with Crippen molar-refractivity contribution in [1.29, 1.82) is 0 Å². The Bertz CT molecular complexity index is 470. The van der Waals surface area contributed by atoms with E-state index in [-0.39, 0.29) is 0 Å². The first kappa shape index (κ1) is 17.1. The van der Waals surface area contributed by atoms with Gasteiger partial charge in [-0.3, -0.25) is 0 Å². The first-order valence-electron chi connectivity index (χ1n) is 7.24. The highest BCUT2D eigenvalue weighted by molar-refractivity contribution is 5.55. The van der Waals surface area contributed by atoms with Crippen molar-refractivity contribution in [2.45, 2.75) is 6.92 Å². The van der Waals surface area contributed by atoms with Crippen molar-refractivity contribution in [3.05, 3.63) is 55.1 Å². The molecule has 0 aliphatic carbocycles. The van der Waals surface area contributed by atoms with E-state index in [1.165, 1.54) is 4.90 Å². The molecule has 0 aromatic heterocycles. The Balaban J connectivity index is 2.61. The Labute approximate surface area is 128 Å². The molecule has 114 valence electrons. The minimum atomic E-state index is 0.635. The van der Waals surface area contributed by atoms with Crippen molar-refractivity contribution in [1.82, 2.24) is 0 Å². The third kappa shape index (κ3) is 5.88. The lowest BCUT2D eigenvalue weighted by molar-refractivity contribution is -0.888. The summed E-state index contributed by atoms with van der Waals surface area (Å²) in [6, 6.07) is 5.96. The summed E-state index contributed by atoms with van der Waals surface area (Å²) in [5.74, 6) is 1.54. The van der Waals surface area contributed by atoms with Gasteiger partial charge in [0.05, 0.1) is 20.2 Å². The van der Waals surface area contributed by atoms with Crippen LogP contribution in [0.25, 0.3) is 6.08 Å². The van der Waals surface area contributed by atoms with E-state index in [0.717, 1.165) is 36.7 Å². The van der Waals surface area contributed by atoms with Crippen molar-refractivity contribution in [2.75, 3.05) is 33.4 Å². The first-order valence-corrected chi connectivity index (χ1v) is 7.24. The Kier molecular flexibility index (Phi) is 7.99. The van der Waals surface area contributed by atoms with Crippen molar-refractivity contribution in [3.8, 4) is 11.5 Å². The van der Waals surface area contributed by atoms with E-state index in [2.05, 4.69) is 13.2 Å². The van der Waals surface area contributed by atoms with Crippen LogP contribution in [0.15, 0.2) is 49.6 Å². The Morgan fingerprint density at radius 2 is 1.86 bits per heavy atom. The molecule has 0 radical (unpaired) electrons. The van der Waals surface area contributed by atoms with Crippen LogP contribution in [-0.4, -0.2) is 33.4 Å². The molecule has 0 fully saturated rings. The molecule has 1 rings (SSSR count). The number of nitrogens with one attached hydrogen (secondary N) is 1. The van der Waals surface area contributed by atoms with Gasteiger partial charge in [-0.2, -0.15) is 0 Å². The van der Waals surface area contributed by atoms with Gasteiger partial charge >= 0.3 is 0 Å². The standard InChI is InChI=1S/C18H25NO2/c1-5-8-16-9-10-17(18(15-16)20-4)21-14-13-19(11-6-2)12-7-3/h5-10,15H,2-3,11-14H2,1,4H3/p+1/b8-5+. The zero-order valence-electron chi connectivity index (χ0n) is 13.1. The molecule has 0 atom stereocenters. The summed E-state index contributed by atoms with van der Waals surface area (Å²) in [6.45, 7) is 12.9. The number of allylic oxidation sites excluding steroid dienone is 1. The van der Waals surface area contributed by atoms with Crippen LogP contribution in [0.2, 0.25) is 0 Å². The van der Waals surface area contributed by atoms with Crippen molar-refractivity contribution in [2.24, 2.45) is 0 Å². The largest absolute Gasteiger partial charge is 0.493 e. The van der Waals surface area contributed by atoms with Gasteiger partial charge in [0.25, 0.3) is 0 Å². The van der Waals surface area contributed by atoms with Crippen LogP contribution in [0.3, 0.4) is 0 Å². The zero-order valence-corrected chi connectivity index (χ0v) is 13.1. The molecule has 3 nitrogen and oxygen atoms in total. The van der Waals surface area contributed by atoms with Crippen LogP contribution < -0.4 is 14.4 Å². The van der Waals surface area contributed by atoms with E-state index in [1.807, 2.05) is 49.4 Å². The highest BCUT2D eigenvalue weighted by Crippen LogP contribution is 2.28. The molecule has 0 unspecified atom stereocenters. The molecule has 0 spiro atoms. The molecule has 0 saturated carbocycles. The summed E-state index contributed by atoms with van der Waals surface area (Å²) < 4.78 is 11.2. The van der Waals surface area contributed by atoms with Crippen LogP contribution in [-0.2, 0) is 0 Å². The van der Waals surface area contributed by atoms with Gasteiger partial charge in [-0.1, -0.05) is 31.4 Å². The molecular formula is C18H26NO2+. The molecule has 0 aliphatic heterocycles. The molecule has 0 saturated heterocycles. The third-order valence-electron chi connectivity index (χ3n) is 3.13. The Hall–Kier alpha value is -2.00. The topological polar surface area (TPSA) is 22.9 Å². The second-order valence-electron chi connectivity index (χ2n) is 4.74. The maximum atomic E-state index is 5.85. The minimum Gasteiger partial charge on any atom is -0.493 e. The molecule has 21 heavy (non-hydrogen) atoms. The van der Waals surface area contributed by atoms with Crippen LogP contribution >= 0.6 is 0 Å². The summed E-state index contributed by atoms with van der Waals surface area (Å²) >= 11 is 0. The third-order valence-corrected chi connectivity index (χ3v) is 3.13. The quantitative estimate of drug-likeness (QED) is 0.668. The van der Waals surface area contributed by atoms with Gasteiger partial charge in [0.1, 0.15) is 13.2 Å². The van der Waals surface area contributed by atoms with Gasteiger partial charge in [-0.05, 0) is 36.8 Å². The number of ether oxygens (including phenoxy) is 2. The predicted octanol–water partition coefficient (Wildman–Crippen LogP) is 2.36. The van der Waals surface area contributed by atoms with Gasteiger partial charge in [0, 0.05) is 0 Å². The summed E-state index contributed by atoms with van der Waals surface area (Å²) in [7, 11) is 1.66. The van der Waals surface area contributed by atoms with Gasteiger partial charge in [0.2, 0.25) is 0 Å². The average Bonchev–Trinajstić information content (AvgIpc) is 2.49. The van der Waals surface area contributed by atoms with Crippen LogP contribution in [0.1, 0.15) is 12.5 Å². The van der Waals surface area contributed by atoms with Gasteiger partial charge in [-0.15, -0.1) is 0 Å². The number of hydrogen-bond acceptors (Lipinski definition) is 2. The molecule has 1 N–H and O–H groups in total. The average molecular weight is 288 g/mol. The predicted molar refractivity (Wildman–Crippen MR) is 89.2 cm³/mol. The van der Waals surface area contributed by atoms with E-state index in [9.17, 15) is 0 Å². The second kappa shape index (κ2) is 9.83. The van der Waals surface area contributed by atoms with E-state index in [1.54, 1.807) is 7.11 Å². The number of quaternary nitrogens is 1. The number of benzene rings is 1. The highest BCUT2D eigenvalue weighted by Gasteiger charge is 2.08. The molecule has 1 aromatic carbocycles. The monoisotopic (exact) mass is 288 g/mol. The summed E-state index contributed by atoms with van der Waals surface area (Å²) in [5.41, 5.74) is 1.10. The molecule has 0 amide bonds. The summed E-state index contributed by atoms with van der Waals surface area (Å²) in [4.78, 5) is 1.38. The number of rotatable bonds is 10. The van der Waals surface area contributed by atoms with Gasteiger partial charge in [0.15, 0.2) is 11.5 Å². The second-order valence-corrected chi connectivity index (χ2v) is 4.74. The minimum absolute atomic E-state index is 0.635. The summed E-state index contributed by atoms with van der Waals surface area (Å²) in [5, 5.41) is 0. The number of methoxy groups -OCH3 is 1. The van der Waals surface area contributed by atoms with Crippen molar-refractivity contribution < 1.29 is 14.4 Å². The van der Waals surface area contributed by atoms with E-state index in [4.69, 9.17) is 9.47 Å². The molecule has 0 heterocycles. The maximum absolute atomic E-state index is 5.85. The molecule has 0 bridgehead atoms. The smallest absolute Gasteiger partial charge is 0.161 e. The first-order chi connectivity index (χ1) is 10.2. The van der Waals surface area contributed by atoms with Crippen molar-refractivity contribution >= 4 is 6.08 Å². The lowest BCUT2D eigenvalue weighted by Gasteiger charge is -2.17. The fourth-order valence-corrected chi connectivity index (χ4v) is 2.10. The fourth-order valence-electron chi connectivity index (χ4n) is 2.10. The van der Waals surface area contributed by atoms with Gasteiger partial charge in [-0.25, -0.2) is 0 Å². The molecule has 1 aromatic rings. The maximum Gasteiger partial charge on any atom is 0.161 e. The van der Waals surface area contributed by atoms with Gasteiger partial charge < -0.3 is 14.4 Å². The molecule has 0 aliphatic rings. The molecular weight excluding hydrogens is 262 g/mol. The fraction of sp³-hybridized carbons (Fsp3) is 0.333. The van der Waals surface area contributed by atoms with E-state index in [0.29, 0.717) is 6.61 Å². The lowest BCUT2D eigenvalue weighted by Crippen LogP contribution is -3.12. The van der Waals surface area contributed by atoms with E-state index >= 15 is 0 Å². The molecule has 3 heteroatoms. The van der Waals surface area contributed by atoms with E-state index < -0.39 is 0 Å². The summed E-state index contributed by atoms with van der Waals surface area (Å²) in [6.07, 6.45) is 7.88. The van der Waals surface area contributed by atoms with Crippen LogP contribution in [0.4, 0.5) is 0 Å². The van der Waals surface area contributed by atoms with Crippen molar-refractivity contribution in [3.63, 3.8) is 0 Å². The highest BCUT2D eigenvalue weighted by atomic mass is 16.5. The van der Waals surface area contributed by atoms with Crippen LogP contribution in [0, 0.1) is 0 Å². The Morgan fingerprint density at radius 1 is 1.14 bits per heavy atom. The normalized spacial score (nSPS) is 10.8. The lowest BCUT2D eigenvalue weighted by atomic mass is 10.2. The zero-order chi connectivity index (χ0) is 15.5.